The number of hydrogen-bond acceptors (Lipinski definition) is 4. The SMILES string of the molecule is C/C(=N\NC(=O)C(=O)N/N=C(\C)c1ccc(F)cc1F)c1ccc(F)cc1F. The summed E-state index contributed by atoms with van der Waals surface area (Å²) in [6.45, 7) is 2.68. The van der Waals surface area contributed by atoms with E-state index < -0.39 is 35.1 Å². The van der Waals surface area contributed by atoms with Crippen LogP contribution in [0.2, 0.25) is 0 Å². The van der Waals surface area contributed by atoms with Crippen molar-refractivity contribution in [2.24, 2.45) is 10.2 Å². The van der Waals surface area contributed by atoms with Gasteiger partial charge in [0.15, 0.2) is 0 Å². The molecule has 0 fully saturated rings. The molecule has 10 heteroatoms. The molecule has 0 saturated carbocycles. The van der Waals surface area contributed by atoms with E-state index in [2.05, 4.69) is 10.2 Å². The molecule has 146 valence electrons. The van der Waals surface area contributed by atoms with Crippen LogP contribution in [0, 0.1) is 23.3 Å². The van der Waals surface area contributed by atoms with E-state index in [-0.39, 0.29) is 22.6 Å². The number of benzene rings is 2. The normalized spacial score (nSPS) is 11.9. The van der Waals surface area contributed by atoms with Crippen molar-refractivity contribution >= 4 is 23.2 Å². The van der Waals surface area contributed by atoms with Gasteiger partial charge in [0.05, 0.1) is 11.4 Å². The third-order valence-corrected chi connectivity index (χ3v) is 3.50. The molecule has 0 spiro atoms. The van der Waals surface area contributed by atoms with Gasteiger partial charge in [-0.15, -0.1) is 0 Å². The Morgan fingerprint density at radius 1 is 0.714 bits per heavy atom. The Morgan fingerprint density at radius 2 is 1.07 bits per heavy atom. The molecule has 2 N–H and O–H groups in total. The highest BCUT2D eigenvalue weighted by molar-refractivity contribution is 6.35. The lowest BCUT2D eigenvalue weighted by molar-refractivity contribution is -0.139. The van der Waals surface area contributed by atoms with Crippen molar-refractivity contribution in [2.75, 3.05) is 0 Å². The summed E-state index contributed by atoms with van der Waals surface area (Å²) in [4.78, 5) is 23.4. The highest BCUT2D eigenvalue weighted by atomic mass is 19.1. The van der Waals surface area contributed by atoms with Crippen LogP contribution in [0.3, 0.4) is 0 Å². The van der Waals surface area contributed by atoms with Crippen LogP contribution < -0.4 is 10.9 Å². The zero-order valence-electron chi connectivity index (χ0n) is 14.7. The van der Waals surface area contributed by atoms with Gasteiger partial charge >= 0.3 is 11.8 Å². The molecule has 0 unspecified atom stereocenters. The summed E-state index contributed by atoms with van der Waals surface area (Å²) in [5, 5.41) is 7.12. The average Bonchev–Trinajstić information content (AvgIpc) is 2.63. The second-order valence-corrected chi connectivity index (χ2v) is 5.52. The predicted molar refractivity (Wildman–Crippen MR) is 93.4 cm³/mol. The zero-order valence-corrected chi connectivity index (χ0v) is 14.7. The fraction of sp³-hybridized carbons (Fsp3) is 0.111. The fourth-order valence-corrected chi connectivity index (χ4v) is 2.06. The first-order valence-electron chi connectivity index (χ1n) is 7.78. The largest absolute Gasteiger partial charge is 0.331 e. The number of hydrazone groups is 2. The molecular formula is C18H14F4N4O2. The minimum atomic E-state index is -1.22. The Labute approximate surface area is 156 Å². The van der Waals surface area contributed by atoms with Crippen molar-refractivity contribution in [1.29, 1.82) is 0 Å². The second-order valence-electron chi connectivity index (χ2n) is 5.52. The van der Waals surface area contributed by atoms with Crippen LogP contribution in [-0.4, -0.2) is 23.2 Å². The van der Waals surface area contributed by atoms with Gasteiger partial charge in [-0.25, -0.2) is 28.4 Å². The molecule has 0 saturated heterocycles. The molecule has 2 rings (SSSR count). The molecule has 0 heterocycles. The summed E-state index contributed by atoms with van der Waals surface area (Å²) in [7, 11) is 0. The van der Waals surface area contributed by atoms with Crippen LogP contribution >= 0.6 is 0 Å². The Hall–Kier alpha value is -3.56. The van der Waals surface area contributed by atoms with Gasteiger partial charge in [-0.3, -0.25) is 9.59 Å². The second kappa shape index (κ2) is 8.89. The molecule has 0 aliphatic heterocycles. The Bertz CT molecular complexity index is 910. The minimum Gasteiger partial charge on any atom is -0.262 e. The van der Waals surface area contributed by atoms with E-state index in [4.69, 9.17) is 0 Å². The summed E-state index contributed by atoms with van der Waals surface area (Å²) in [6, 6.07) is 5.57. The van der Waals surface area contributed by atoms with Crippen molar-refractivity contribution in [3.8, 4) is 0 Å². The number of halogens is 4. The van der Waals surface area contributed by atoms with E-state index in [9.17, 15) is 27.2 Å². The van der Waals surface area contributed by atoms with Crippen molar-refractivity contribution < 1.29 is 27.2 Å². The molecule has 2 aromatic rings. The first-order chi connectivity index (χ1) is 13.2. The molecule has 0 atom stereocenters. The predicted octanol–water partition coefficient (Wildman–Crippen LogP) is 2.62. The molecule has 6 nitrogen and oxygen atoms in total. The molecule has 2 amide bonds. The summed E-state index contributed by atoms with van der Waals surface area (Å²) in [5.41, 5.74) is 3.63. The van der Waals surface area contributed by atoms with E-state index in [1.165, 1.54) is 13.8 Å². The van der Waals surface area contributed by atoms with Crippen LogP contribution in [0.4, 0.5) is 17.6 Å². The summed E-state index contributed by atoms with van der Waals surface area (Å²) >= 11 is 0. The van der Waals surface area contributed by atoms with Crippen LogP contribution in [0.25, 0.3) is 0 Å². The van der Waals surface area contributed by atoms with E-state index in [1.807, 2.05) is 10.9 Å². The van der Waals surface area contributed by atoms with Crippen LogP contribution in [0.15, 0.2) is 46.6 Å². The van der Waals surface area contributed by atoms with E-state index in [1.54, 1.807) is 0 Å². The lowest BCUT2D eigenvalue weighted by Crippen LogP contribution is -2.36. The lowest BCUT2D eigenvalue weighted by atomic mass is 10.1. The number of nitrogens with zero attached hydrogens (tertiary/aromatic N) is 2. The van der Waals surface area contributed by atoms with Gasteiger partial charge < -0.3 is 0 Å². The molecule has 0 bridgehead atoms. The van der Waals surface area contributed by atoms with Crippen molar-refractivity contribution in [2.45, 2.75) is 13.8 Å². The molecule has 0 aromatic heterocycles. The van der Waals surface area contributed by atoms with Crippen molar-refractivity contribution in [3.05, 3.63) is 70.8 Å². The fourth-order valence-electron chi connectivity index (χ4n) is 2.06. The standard InChI is InChI=1S/C18H14F4N4O2/c1-9(13-5-3-11(19)7-15(13)21)23-25-17(27)18(28)26-24-10(2)14-6-4-12(20)8-16(14)22/h3-8H,1-2H3,(H,25,27)(H,26,28)/b23-9+,24-10+. The maximum Gasteiger partial charge on any atom is 0.331 e. The number of amides is 2. The minimum absolute atomic E-state index is 0.00767. The summed E-state index contributed by atoms with van der Waals surface area (Å²) in [6.07, 6.45) is 0. The number of nitrogens with one attached hydrogen (secondary N) is 2. The molecular weight excluding hydrogens is 380 g/mol. The molecule has 28 heavy (non-hydrogen) atoms. The topological polar surface area (TPSA) is 82.9 Å². The number of hydrogen-bond donors (Lipinski definition) is 2. The van der Waals surface area contributed by atoms with Gasteiger partial charge in [-0.1, -0.05) is 0 Å². The maximum atomic E-state index is 13.6. The molecule has 0 radical (unpaired) electrons. The van der Waals surface area contributed by atoms with Gasteiger partial charge in [-0.05, 0) is 38.1 Å². The zero-order chi connectivity index (χ0) is 20.8. The van der Waals surface area contributed by atoms with Crippen LogP contribution in [-0.2, 0) is 9.59 Å². The van der Waals surface area contributed by atoms with Crippen LogP contribution in [0.5, 0.6) is 0 Å². The third-order valence-electron chi connectivity index (χ3n) is 3.50. The van der Waals surface area contributed by atoms with E-state index in [0.717, 1.165) is 24.3 Å². The monoisotopic (exact) mass is 394 g/mol. The Balaban J connectivity index is 2.01. The number of carbonyl (C=O) groups is 2. The summed E-state index contributed by atoms with van der Waals surface area (Å²) in [5.74, 6) is -5.77. The highest BCUT2D eigenvalue weighted by Gasteiger charge is 2.14. The van der Waals surface area contributed by atoms with Gasteiger partial charge in [0.25, 0.3) is 0 Å². The first-order valence-corrected chi connectivity index (χ1v) is 7.78. The van der Waals surface area contributed by atoms with Crippen molar-refractivity contribution in [3.63, 3.8) is 0 Å². The van der Waals surface area contributed by atoms with Crippen LogP contribution in [0.1, 0.15) is 25.0 Å². The smallest absolute Gasteiger partial charge is 0.262 e. The highest BCUT2D eigenvalue weighted by Crippen LogP contribution is 2.11. The molecule has 0 aliphatic carbocycles. The van der Waals surface area contributed by atoms with Gasteiger partial charge in [0, 0.05) is 23.3 Å². The Morgan fingerprint density at radius 3 is 1.39 bits per heavy atom. The third kappa shape index (κ3) is 5.22. The summed E-state index contributed by atoms with van der Waals surface area (Å²) < 4.78 is 53.0. The van der Waals surface area contributed by atoms with E-state index in [0.29, 0.717) is 12.1 Å². The molecule has 0 aliphatic rings. The van der Waals surface area contributed by atoms with Gasteiger partial charge in [-0.2, -0.15) is 10.2 Å². The van der Waals surface area contributed by atoms with Gasteiger partial charge in [0.2, 0.25) is 0 Å². The van der Waals surface area contributed by atoms with Crippen molar-refractivity contribution in [1.82, 2.24) is 10.9 Å². The number of carbonyl (C=O) groups excluding carboxylic acids is 2. The first kappa shape index (κ1) is 20.7. The maximum absolute atomic E-state index is 13.6. The Kier molecular flexibility index (Phi) is 6.59. The number of rotatable bonds is 4. The average molecular weight is 394 g/mol. The molecule has 2 aromatic carbocycles. The van der Waals surface area contributed by atoms with Gasteiger partial charge in [0.1, 0.15) is 23.3 Å². The quantitative estimate of drug-likeness (QED) is 0.362. The van der Waals surface area contributed by atoms with E-state index >= 15 is 0 Å². The lowest BCUT2D eigenvalue weighted by Gasteiger charge is -2.05.